The van der Waals surface area contributed by atoms with Crippen LogP contribution in [0.2, 0.25) is 0 Å². The van der Waals surface area contributed by atoms with Crippen molar-refractivity contribution in [3.8, 4) is 0 Å². The molecule has 0 bridgehead atoms. The first-order chi connectivity index (χ1) is 12.1. The monoisotopic (exact) mass is 396 g/mol. The Kier molecular flexibility index (Phi) is 5.34. The summed E-state index contributed by atoms with van der Waals surface area (Å²) in [5, 5.41) is 1.76. The molecule has 1 N–H and O–H groups in total. The normalized spacial score (nSPS) is 25.8. The number of carbonyl (C=O) groups excluding carboxylic acids is 1. The number of amides is 1. The van der Waals surface area contributed by atoms with E-state index in [1.165, 1.54) is 16.9 Å². The van der Waals surface area contributed by atoms with Gasteiger partial charge in [-0.2, -0.15) is 0 Å². The number of likely N-dealkylation sites (tertiary alicyclic amines) is 1. The summed E-state index contributed by atoms with van der Waals surface area (Å²) in [6.07, 6.45) is 3.54. The molecule has 2 heterocycles. The van der Waals surface area contributed by atoms with Crippen LogP contribution >= 0.6 is 11.3 Å². The second-order valence-electron chi connectivity index (χ2n) is 8.22. The van der Waals surface area contributed by atoms with Gasteiger partial charge in [0.05, 0.1) is 5.92 Å². The van der Waals surface area contributed by atoms with Gasteiger partial charge in [0.15, 0.2) is 0 Å². The molecule has 7 heteroatoms. The van der Waals surface area contributed by atoms with Gasteiger partial charge in [-0.25, -0.2) is 13.1 Å². The summed E-state index contributed by atoms with van der Waals surface area (Å²) in [7, 11) is -3.44. The number of rotatable bonds is 5. The Balaban J connectivity index is 1.56. The first-order valence-electron chi connectivity index (χ1n) is 9.12. The fourth-order valence-corrected chi connectivity index (χ4v) is 6.24. The third kappa shape index (κ3) is 3.89. The quantitative estimate of drug-likeness (QED) is 0.777. The van der Waals surface area contributed by atoms with Gasteiger partial charge in [-0.05, 0) is 49.5 Å². The third-order valence-electron chi connectivity index (χ3n) is 5.58. The summed E-state index contributed by atoms with van der Waals surface area (Å²) in [6, 6.07) is 3.25. The molecule has 1 aromatic heterocycles. The number of sulfonamides is 1. The highest BCUT2D eigenvalue weighted by molar-refractivity contribution is 7.91. The van der Waals surface area contributed by atoms with E-state index in [0.717, 1.165) is 0 Å². The lowest BCUT2D eigenvalue weighted by molar-refractivity contribution is -0.134. The zero-order chi connectivity index (χ0) is 19.1. The summed E-state index contributed by atoms with van der Waals surface area (Å²) < 4.78 is 27.8. The number of allylic oxidation sites excluding steroid dienone is 2. The van der Waals surface area contributed by atoms with E-state index in [9.17, 15) is 13.2 Å². The van der Waals surface area contributed by atoms with E-state index in [0.29, 0.717) is 36.1 Å². The smallest absolute Gasteiger partial charge is 0.250 e. The lowest BCUT2D eigenvalue weighted by Gasteiger charge is -2.32. The fourth-order valence-electron chi connectivity index (χ4n) is 3.93. The molecule has 0 spiro atoms. The fraction of sp³-hybridized carbons (Fsp3) is 0.632. The van der Waals surface area contributed by atoms with Gasteiger partial charge >= 0.3 is 0 Å². The average molecular weight is 397 g/mol. The van der Waals surface area contributed by atoms with E-state index < -0.39 is 10.0 Å². The highest BCUT2D eigenvalue weighted by Crippen LogP contribution is 2.60. The van der Waals surface area contributed by atoms with Crippen LogP contribution < -0.4 is 4.72 Å². The molecule has 144 valence electrons. The van der Waals surface area contributed by atoms with Crippen LogP contribution in [0.25, 0.3) is 0 Å². The Morgan fingerprint density at radius 1 is 1.31 bits per heavy atom. The van der Waals surface area contributed by atoms with E-state index in [4.69, 9.17) is 0 Å². The molecule has 1 aromatic rings. The van der Waals surface area contributed by atoms with Crippen LogP contribution in [-0.2, 0) is 14.8 Å². The van der Waals surface area contributed by atoms with Crippen LogP contribution in [0.4, 0.5) is 0 Å². The largest absolute Gasteiger partial charge is 0.342 e. The highest BCUT2D eigenvalue weighted by atomic mass is 32.2. The zero-order valence-electron chi connectivity index (χ0n) is 15.9. The minimum absolute atomic E-state index is 0.0198. The maximum Gasteiger partial charge on any atom is 0.250 e. The molecule has 2 fully saturated rings. The van der Waals surface area contributed by atoms with E-state index >= 15 is 0 Å². The molecule has 26 heavy (non-hydrogen) atoms. The summed E-state index contributed by atoms with van der Waals surface area (Å²) in [6.45, 7) is 9.68. The van der Waals surface area contributed by atoms with E-state index in [-0.39, 0.29) is 23.3 Å². The van der Waals surface area contributed by atoms with Crippen molar-refractivity contribution in [3.63, 3.8) is 0 Å². The van der Waals surface area contributed by atoms with Crippen LogP contribution in [0.15, 0.2) is 33.4 Å². The lowest BCUT2D eigenvalue weighted by atomic mass is 10.0. The van der Waals surface area contributed by atoms with Crippen molar-refractivity contribution in [1.82, 2.24) is 9.62 Å². The molecule has 2 atom stereocenters. The molecule has 1 amide bonds. The lowest BCUT2D eigenvalue weighted by Crippen LogP contribution is -2.47. The van der Waals surface area contributed by atoms with E-state index in [2.05, 4.69) is 38.5 Å². The highest BCUT2D eigenvalue weighted by Gasteiger charge is 2.61. The van der Waals surface area contributed by atoms with Gasteiger partial charge < -0.3 is 4.90 Å². The molecule has 2 aliphatic rings. The zero-order valence-corrected chi connectivity index (χ0v) is 17.5. The number of nitrogens with zero attached hydrogens (tertiary/aromatic N) is 1. The van der Waals surface area contributed by atoms with Crippen molar-refractivity contribution in [3.05, 3.63) is 29.2 Å². The van der Waals surface area contributed by atoms with E-state index in [1.807, 2.05) is 4.90 Å². The Bertz CT molecular complexity index is 785. The number of carbonyl (C=O) groups is 1. The van der Waals surface area contributed by atoms with Gasteiger partial charge in [0.2, 0.25) is 15.9 Å². The third-order valence-corrected chi connectivity index (χ3v) is 8.50. The SMILES string of the molecule is CC(C)=C[C@@H]1[C@H](C(=O)N2CCC(NS(=O)(=O)c3cccs3)CC2)C1(C)C. The van der Waals surface area contributed by atoms with E-state index in [1.54, 1.807) is 17.5 Å². The van der Waals surface area contributed by atoms with Crippen LogP contribution in [-0.4, -0.2) is 38.4 Å². The summed E-state index contributed by atoms with van der Waals surface area (Å²) >= 11 is 1.22. The second kappa shape index (κ2) is 7.09. The van der Waals surface area contributed by atoms with Crippen molar-refractivity contribution in [2.24, 2.45) is 17.3 Å². The first kappa shape index (κ1) is 19.6. The maximum atomic E-state index is 12.9. The van der Waals surface area contributed by atoms with Gasteiger partial charge in [0, 0.05) is 19.1 Å². The molecule has 1 saturated carbocycles. The first-order valence-corrected chi connectivity index (χ1v) is 11.5. The molecule has 1 aliphatic heterocycles. The Labute approximate surface area is 160 Å². The number of hydrogen-bond acceptors (Lipinski definition) is 4. The molecule has 1 saturated heterocycles. The summed E-state index contributed by atoms with van der Waals surface area (Å²) in [5.41, 5.74) is 1.27. The Hall–Kier alpha value is -1.18. The molecule has 0 aromatic carbocycles. The van der Waals surface area contributed by atoms with Crippen molar-refractivity contribution in [1.29, 1.82) is 0 Å². The number of nitrogens with one attached hydrogen (secondary N) is 1. The molecule has 0 unspecified atom stereocenters. The van der Waals surface area contributed by atoms with Crippen LogP contribution in [0.3, 0.4) is 0 Å². The summed E-state index contributed by atoms with van der Waals surface area (Å²) in [5.74, 6) is 0.587. The Morgan fingerprint density at radius 2 is 1.96 bits per heavy atom. The average Bonchev–Trinajstić information content (AvgIpc) is 2.96. The predicted molar refractivity (Wildman–Crippen MR) is 104 cm³/mol. The topological polar surface area (TPSA) is 66.5 Å². The molecule has 3 rings (SSSR count). The van der Waals surface area contributed by atoms with Gasteiger partial charge in [-0.15, -0.1) is 11.3 Å². The molecule has 5 nitrogen and oxygen atoms in total. The van der Waals surface area contributed by atoms with Gasteiger partial charge in [-0.3, -0.25) is 4.79 Å². The summed E-state index contributed by atoms with van der Waals surface area (Å²) in [4.78, 5) is 14.8. The predicted octanol–water partition coefficient (Wildman–Crippen LogP) is 3.26. The van der Waals surface area contributed by atoms with Crippen molar-refractivity contribution in [2.75, 3.05) is 13.1 Å². The maximum absolute atomic E-state index is 12.9. The van der Waals surface area contributed by atoms with Gasteiger partial charge in [-0.1, -0.05) is 31.6 Å². The van der Waals surface area contributed by atoms with Crippen molar-refractivity contribution in [2.45, 2.75) is 50.8 Å². The minimum Gasteiger partial charge on any atom is -0.342 e. The van der Waals surface area contributed by atoms with Crippen LogP contribution in [0.1, 0.15) is 40.5 Å². The Morgan fingerprint density at radius 3 is 2.50 bits per heavy atom. The van der Waals surface area contributed by atoms with Gasteiger partial charge in [0.1, 0.15) is 4.21 Å². The van der Waals surface area contributed by atoms with Gasteiger partial charge in [0.25, 0.3) is 0 Å². The number of piperidine rings is 1. The molecular formula is C19H28N2O3S2. The number of hydrogen-bond donors (Lipinski definition) is 1. The molecular weight excluding hydrogens is 368 g/mol. The standard InChI is InChI=1S/C19H28N2O3S2/c1-13(2)12-15-17(19(15,3)4)18(22)21-9-7-14(8-10-21)20-26(23,24)16-6-5-11-25-16/h5-6,11-12,14-15,17,20H,7-10H2,1-4H3/t15-,17-/m1/s1. The van der Waals surface area contributed by atoms with Crippen LogP contribution in [0.5, 0.6) is 0 Å². The molecule has 1 aliphatic carbocycles. The number of thiophene rings is 1. The molecule has 0 radical (unpaired) electrons. The second-order valence-corrected chi connectivity index (χ2v) is 11.1. The van der Waals surface area contributed by atoms with Crippen molar-refractivity contribution < 1.29 is 13.2 Å². The van der Waals surface area contributed by atoms with Crippen LogP contribution in [0, 0.1) is 17.3 Å². The minimum atomic E-state index is -3.44. The van der Waals surface area contributed by atoms with Crippen molar-refractivity contribution >= 4 is 27.3 Å².